The summed E-state index contributed by atoms with van der Waals surface area (Å²) in [5.41, 5.74) is 8.01. The molecule has 0 bridgehead atoms. The molecule has 6 rings (SSSR count). The van der Waals surface area contributed by atoms with Crippen LogP contribution in [0.2, 0.25) is 0 Å². The fraction of sp³-hybridized carbons (Fsp3) is 0.233. The van der Waals surface area contributed by atoms with Gasteiger partial charge in [0.2, 0.25) is 0 Å². The minimum atomic E-state index is -4.80. The number of carbonyl (C=O) groups is 1. The maximum absolute atomic E-state index is 14.4. The molecule has 222 valence electrons. The Hall–Kier alpha value is -5.04. The van der Waals surface area contributed by atoms with E-state index in [0.29, 0.717) is 44.2 Å². The molecular weight excluding hydrogens is 563 g/mol. The number of aromatic nitrogens is 3. The van der Waals surface area contributed by atoms with Gasteiger partial charge in [-0.25, -0.2) is 10.0 Å². The van der Waals surface area contributed by atoms with Gasteiger partial charge >= 0.3 is 6.18 Å². The van der Waals surface area contributed by atoms with E-state index in [0.717, 1.165) is 17.3 Å². The van der Waals surface area contributed by atoms with Crippen LogP contribution in [0.5, 0.6) is 5.75 Å². The zero-order valence-electron chi connectivity index (χ0n) is 23.6. The number of benzene rings is 2. The smallest absolute Gasteiger partial charge is 0.433 e. The Morgan fingerprint density at radius 3 is 2.58 bits per heavy atom. The maximum Gasteiger partial charge on any atom is 0.433 e. The Kier molecular flexibility index (Phi) is 6.76. The van der Waals surface area contributed by atoms with Gasteiger partial charge in [0.15, 0.2) is 5.95 Å². The minimum absolute atomic E-state index is 0.168. The van der Waals surface area contributed by atoms with Crippen molar-refractivity contribution in [1.29, 1.82) is 0 Å². The van der Waals surface area contributed by atoms with Crippen LogP contribution in [-0.2, 0) is 13.0 Å². The Bertz CT molecular complexity index is 1830. The van der Waals surface area contributed by atoms with E-state index < -0.39 is 17.6 Å². The van der Waals surface area contributed by atoms with E-state index in [2.05, 4.69) is 9.97 Å². The molecule has 10 nitrogen and oxygen atoms in total. The van der Waals surface area contributed by atoms with Gasteiger partial charge in [-0.3, -0.25) is 15.0 Å². The van der Waals surface area contributed by atoms with Crippen molar-refractivity contribution >= 4 is 34.1 Å². The summed E-state index contributed by atoms with van der Waals surface area (Å²) in [6, 6.07) is 10.6. The van der Waals surface area contributed by atoms with E-state index >= 15 is 0 Å². The molecule has 0 saturated carbocycles. The molecule has 2 aliphatic rings. The maximum atomic E-state index is 14.4. The van der Waals surface area contributed by atoms with Crippen molar-refractivity contribution in [1.82, 2.24) is 19.6 Å². The molecule has 0 atom stereocenters. The predicted molar refractivity (Wildman–Crippen MR) is 155 cm³/mol. The quantitative estimate of drug-likeness (QED) is 0.319. The van der Waals surface area contributed by atoms with E-state index in [9.17, 15) is 23.2 Å². The molecule has 2 aromatic heterocycles. The van der Waals surface area contributed by atoms with E-state index in [4.69, 9.17) is 10.5 Å². The van der Waals surface area contributed by atoms with Crippen molar-refractivity contribution in [2.45, 2.75) is 33.0 Å². The van der Waals surface area contributed by atoms with Crippen LogP contribution in [0.3, 0.4) is 0 Å². The van der Waals surface area contributed by atoms with Gasteiger partial charge in [-0.1, -0.05) is 0 Å². The second-order valence-corrected chi connectivity index (χ2v) is 10.4. The fourth-order valence-electron chi connectivity index (χ4n) is 5.65. The molecule has 0 saturated heterocycles. The van der Waals surface area contributed by atoms with Crippen LogP contribution in [0, 0.1) is 6.92 Å². The lowest BCUT2D eigenvalue weighted by Crippen LogP contribution is -2.40. The highest BCUT2D eigenvalue weighted by atomic mass is 19.4. The molecule has 1 amide bonds. The second-order valence-electron chi connectivity index (χ2n) is 10.4. The predicted octanol–water partition coefficient (Wildman–Crippen LogP) is 5.36. The molecule has 2 aliphatic heterocycles. The molecular formula is C30H28F3N7O3. The first-order valence-corrected chi connectivity index (χ1v) is 13.4. The first-order chi connectivity index (χ1) is 20.5. The monoisotopic (exact) mass is 591 g/mol. The van der Waals surface area contributed by atoms with Gasteiger partial charge in [-0.15, -0.1) is 0 Å². The number of allylic oxidation sites excluding steroid dienone is 2. The summed E-state index contributed by atoms with van der Waals surface area (Å²) >= 11 is 0. The number of fused-ring (bicyclic) bond motifs is 2. The summed E-state index contributed by atoms with van der Waals surface area (Å²) in [4.78, 5) is 25.5. The van der Waals surface area contributed by atoms with Crippen LogP contribution < -0.4 is 20.3 Å². The molecule has 4 heterocycles. The number of halogens is 3. The number of hydrogen-bond acceptors (Lipinski definition) is 8. The first-order valence-electron chi connectivity index (χ1n) is 13.4. The lowest BCUT2D eigenvalue weighted by atomic mass is 9.92. The van der Waals surface area contributed by atoms with Gasteiger partial charge in [0.1, 0.15) is 11.4 Å². The van der Waals surface area contributed by atoms with Crippen LogP contribution >= 0.6 is 0 Å². The molecule has 0 spiro atoms. The van der Waals surface area contributed by atoms with E-state index in [1.807, 2.05) is 25.1 Å². The number of hydrogen-bond donors (Lipinski definition) is 2. The number of hydroxylamine groups is 2. The number of nitrogens with two attached hydrogens (primary N) is 1. The van der Waals surface area contributed by atoms with Gasteiger partial charge in [0.05, 0.1) is 36.2 Å². The number of methoxy groups -OCH3 is 1. The van der Waals surface area contributed by atoms with Crippen molar-refractivity contribution in [2.24, 2.45) is 0 Å². The number of amides is 1. The van der Waals surface area contributed by atoms with E-state index in [1.165, 1.54) is 13.1 Å². The molecule has 0 radical (unpaired) electrons. The molecule has 0 aliphatic carbocycles. The molecule has 4 aromatic rings. The summed E-state index contributed by atoms with van der Waals surface area (Å²) in [5, 5.41) is 11.2. The van der Waals surface area contributed by atoms with Crippen LogP contribution in [0.1, 0.15) is 34.1 Å². The van der Waals surface area contributed by atoms with E-state index in [-0.39, 0.29) is 42.6 Å². The van der Waals surface area contributed by atoms with Crippen LogP contribution in [-0.4, -0.2) is 50.5 Å². The van der Waals surface area contributed by atoms with Crippen LogP contribution in [0.25, 0.3) is 10.9 Å². The average molecular weight is 592 g/mol. The average Bonchev–Trinajstić information content (AvgIpc) is 3.37. The largest absolute Gasteiger partial charge is 0.497 e. The number of alkyl halides is 3. The number of ether oxygens (including phenoxy) is 1. The van der Waals surface area contributed by atoms with Crippen molar-refractivity contribution in [2.75, 3.05) is 29.2 Å². The first kappa shape index (κ1) is 28.1. The number of aryl methyl sites for hydroxylation is 1. The molecule has 0 fully saturated rings. The highest BCUT2D eigenvalue weighted by Crippen LogP contribution is 2.42. The summed E-state index contributed by atoms with van der Waals surface area (Å²) in [6.07, 6.45) is 0.914. The number of nitrogens with zero attached hydrogens (tertiary/aromatic N) is 6. The van der Waals surface area contributed by atoms with Crippen LogP contribution in [0.15, 0.2) is 72.6 Å². The summed E-state index contributed by atoms with van der Waals surface area (Å²) < 4.78 is 50.3. The molecule has 0 unspecified atom stereocenters. The highest BCUT2D eigenvalue weighted by Gasteiger charge is 2.43. The lowest BCUT2D eigenvalue weighted by molar-refractivity contribution is -0.101. The highest BCUT2D eigenvalue weighted by molar-refractivity contribution is 6.13. The third kappa shape index (κ3) is 4.91. The Morgan fingerprint density at radius 1 is 1.09 bits per heavy atom. The minimum Gasteiger partial charge on any atom is -0.497 e. The number of anilines is 3. The van der Waals surface area contributed by atoms with Gasteiger partial charge < -0.3 is 24.8 Å². The van der Waals surface area contributed by atoms with Crippen LogP contribution in [0.4, 0.5) is 30.5 Å². The topological polar surface area (TPSA) is 113 Å². The number of pyridine rings is 1. The number of carbonyl (C=O) groups excluding carboxylic acids is 1. The second kappa shape index (κ2) is 10.3. The van der Waals surface area contributed by atoms with Crippen molar-refractivity contribution in [3.8, 4) is 5.75 Å². The Balaban J connectivity index is 1.53. The standard InChI is InChI=1S/C30H28F3N7O3/c1-17-12-25(23-15-20(43-3)4-5-24(23)36-17)39-8-6-21-22(28(39)41)13-19(16-37-9-7-35-29(37)34)14-26(21)38-10-11-40(42)18(2)27(38)30(31,32)33/h4-5,7,9-15,42H,6,8,16H2,1-3H3,(H2,34,35). The molecule has 2 aromatic carbocycles. The Morgan fingerprint density at radius 2 is 1.88 bits per heavy atom. The van der Waals surface area contributed by atoms with Crippen molar-refractivity contribution < 1.29 is 27.9 Å². The zero-order chi connectivity index (χ0) is 30.6. The molecule has 13 heteroatoms. The fourth-order valence-corrected chi connectivity index (χ4v) is 5.65. The Labute approximate surface area is 244 Å². The molecule has 43 heavy (non-hydrogen) atoms. The van der Waals surface area contributed by atoms with Gasteiger partial charge in [-0.05, 0) is 67.8 Å². The van der Waals surface area contributed by atoms with Gasteiger partial charge in [-0.2, -0.15) is 13.2 Å². The van der Waals surface area contributed by atoms with Gasteiger partial charge in [0.25, 0.3) is 5.91 Å². The lowest BCUT2D eigenvalue weighted by Gasteiger charge is -2.37. The summed E-state index contributed by atoms with van der Waals surface area (Å²) in [7, 11) is 1.55. The number of nitrogen functional groups attached to an aromatic ring is 1. The van der Waals surface area contributed by atoms with Gasteiger partial charge in [0, 0.05) is 48.0 Å². The zero-order valence-corrected chi connectivity index (χ0v) is 23.6. The SMILES string of the molecule is COc1ccc2nc(C)cc(N3CCc4c(cc(Cn5ccnc5N)cc4N4C=CN(O)C(C)=C4C(F)(F)F)C3=O)c2c1. The number of rotatable bonds is 5. The summed E-state index contributed by atoms with van der Waals surface area (Å²) in [6.45, 7) is 3.40. The molecule has 3 N–H and O–H groups in total. The normalized spacial score (nSPS) is 15.5. The number of imidazole rings is 1. The third-order valence-electron chi connectivity index (χ3n) is 7.67. The van der Waals surface area contributed by atoms with Crippen molar-refractivity contribution in [3.63, 3.8) is 0 Å². The van der Waals surface area contributed by atoms with Crippen molar-refractivity contribution in [3.05, 3.63) is 95.0 Å². The third-order valence-corrected chi connectivity index (χ3v) is 7.67. The van der Waals surface area contributed by atoms with E-state index in [1.54, 1.807) is 41.0 Å². The summed E-state index contributed by atoms with van der Waals surface area (Å²) in [5.74, 6) is 0.459.